The van der Waals surface area contributed by atoms with E-state index < -0.39 is 0 Å². The topological polar surface area (TPSA) is 26.0 Å². The van der Waals surface area contributed by atoms with Crippen molar-refractivity contribution in [1.29, 1.82) is 0 Å². The quantitative estimate of drug-likeness (QED) is 0.726. The Kier molecular flexibility index (Phi) is 2.88. The summed E-state index contributed by atoms with van der Waals surface area (Å²) >= 11 is 0. The fraction of sp³-hybridized carbons (Fsp3) is 0.455. The Balaban J connectivity index is 2.95. The molecule has 0 spiro atoms. The molecule has 0 aromatic heterocycles. The van der Waals surface area contributed by atoms with Crippen LogP contribution in [0.5, 0.6) is 0 Å². The second-order valence-corrected chi connectivity index (χ2v) is 3.16. The number of hydrogen-bond acceptors (Lipinski definition) is 1. The van der Waals surface area contributed by atoms with E-state index in [4.69, 9.17) is 5.73 Å². The minimum absolute atomic E-state index is 0.155. The molecule has 1 heteroatoms. The van der Waals surface area contributed by atoms with Crippen LogP contribution in [0.25, 0.3) is 0 Å². The molecule has 0 atom stereocenters. The Morgan fingerprint density at radius 2 is 2.08 bits per heavy atom. The summed E-state index contributed by atoms with van der Waals surface area (Å²) in [5.41, 5.74) is 7.23. The van der Waals surface area contributed by atoms with Gasteiger partial charge in [-0.2, -0.15) is 0 Å². The lowest BCUT2D eigenvalue weighted by atomic mass is 9.86. The highest BCUT2D eigenvalue weighted by Gasteiger charge is 2.21. The highest BCUT2D eigenvalue weighted by molar-refractivity contribution is 5.22. The van der Waals surface area contributed by atoms with Crippen LogP contribution in [0.1, 0.15) is 32.3 Å². The first kappa shape index (κ1) is 9.27. The first-order valence-electron chi connectivity index (χ1n) is 4.48. The van der Waals surface area contributed by atoms with Gasteiger partial charge in [-0.25, -0.2) is 0 Å². The molecule has 0 heterocycles. The van der Waals surface area contributed by atoms with E-state index in [0.29, 0.717) is 0 Å². The van der Waals surface area contributed by atoms with Gasteiger partial charge in [0.1, 0.15) is 0 Å². The normalized spacial score (nSPS) is 11.6. The average molecular weight is 162 g/mol. The third-order valence-electron chi connectivity index (χ3n) is 2.54. The van der Waals surface area contributed by atoms with Gasteiger partial charge in [0.05, 0.1) is 0 Å². The Bertz CT molecular complexity index is 224. The van der Waals surface area contributed by atoms with E-state index in [1.54, 1.807) is 0 Å². The van der Waals surface area contributed by atoms with E-state index in [9.17, 15) is 0 Å². The SMILES string of the molecule is CCC(N)(CC)c1c[c]ccc1. The maximum atomic E-state index is 6.20. The van der Waals surface area contributed by atoms with Gasteiger partial charge in [-0.1, -0.05) is 32.0 Å². The van der Waals surface area contributed by atoms with Gasteiger partial charge in [0.2, 0.25) is 0 Å². The molecule has 0 fully saturated rings. The molecular formula is C11H16N. The lowest BCUT2D eigenvalue weighted by Crippen LogP contribution is -2.34. The molecule has 0 saturated carbocycles. The van der Waals surface area contributed by atoms with Crippen LogP contribution in [0.4, 0.5) is 0 Å². The van der Waals surface area contributed by atoms with E-state index in [1.807, 2.05) is 18.2 Å². The molecule has 0 bridgehead atoms. The lowest BCUT2D eigenvalue weighted by Gasteiger charge is -2.26. The van der Waals surface area contributed by atoms with Gasteiger partial charge in [-0.3, -0.25) is 0 Å². The molecule has 12 heavy (non-hydrogen) atoms. The summed E-state index contributed by atoms with van der Waals surface area (Å²) in [5, 5.41) is 0. The summed E-state index contributed by atoms with van der Waals surface area (Å²) in [6, 6.07) is 11.0. The van der Waals surface area contributed by atoms with E-state index in [1.165, 1.54) is 5.56 Å². The van der Waals surface area contributed by atoms with Crippen LogP contribution in [0.2, 0.25) is 0 Å². The molecule has 0 saturated heterocycles. The van der Waals surface area contributed by atoms with Crippen LogP contribution in [-0.4, -0.2) is 0 Å². The fourth-order valence-electron chi connectivity index (χ4n) is 1.36. The molecule has 1 nitrogen and oxygen atoms in total. The minimum atomic E-state index is -0.155. The number of nitrogens with two attached hydrogens (primary N) is 1. The maximum Gasteiger partial charge on any atom is 0.0404 e. The summed E-state index contributed by atoms with van der Waals surface area (Å²) in [6.07, 6.45) is 1.95. The van der Waals surface area contributed by atoms with Crippen molar-refractivity contribution < 1.29 is 0 Å². The predicted molar refractivity (Wildman–Crippen MR) is 51.7 cm³/mol. The molecule has 2 N–H and O–H groups in total. The van der Waals surface area contributed by atoms with Crippen molar-refractivity contribution in [3.63, 3.8) is 0 Å². The van der Waals surface area contributed by atoms with Crippen molar-refractivity contribution in [2.75, 3.05) is 0 Å². The molecule has 0 aliphatic rings. The standard InChI is InChI=1S/C11H16N/c1-3-11(12,4-2)10-8-6-5-7-9-10/h5-6,8-9H,3-4,12H2,1-2H3. The number of benzene rings is 1. The molecule has 1 aromatic carbocycles. The van der Waals surface area contributed by atoms with Crippen molar-refractivity contribution >= 4 is 0 Å². The highest BCUT2D eigenvalue weighted by atomic mass is 14.7. The van der Waals surface area contributed by atoms with Crippen LogP contribution in [-0.2, 0) is 5.54 Å². The van der Waals surface area contributed by atoms with Crippen LogP contribution >= 0.6 is 0 Å². The van der Waals surface area contributed by atoms with Crippen LogP contribution in [0, 0.1) is 6.07 Å². The summed E-state index contributed by atoms with van der Waals surface area (Å²) in [7, 11) is 0. The van der Waals surface area contributed by atoms with Gasteiger partial charge < -0.3 is 5.73 Å². The summed E-state index contributed by atoms with van der Waals surface area (Å²) in [6.45, 7) is 4.24. The summed E-state index contributed by atoms with van der Waals surface area (Å²) < 4.78 is 0. The Morgan fingerprint density at radius 3 is 2.50 bits per heavy atom. The van der Waals surface area contributed by atoms with Crippen LogP contribution in [0.15, 0.2) is 24.3 Å². The second-order valence-electron chi connectivity index (χ2n) is 3.16. The third kappa shape index (κ3) is 1.67. The van der Waals surface area contributed by atoms with Gasteiger partial charge in [0.25, 0.3) is 0 Å². The average Bonchev–Trinajstić information content (AvgIpc) is 2.18. The zero-order valence-corrected chi connectivity index (χ0v) is 7.80. The molecule has 0 aliphatic heterocycles. The predicted octanol–water partition coefficient (Wildman–Crippen LogP) is 2.46. The van der Waals surface area contributed by atoms with Gasteiger partial charge in [-0.05, 0) is 30.5 Å². The maximum absolute atomic E-state index is 6.20. The van der Waals surface area contributed by atoms with E-state index in [2.05, 4.69) is 26.0 Å². The first-order chi connectivity index (χ1) is 5.73. The van der Waals surface area contributed by atoms with Crippen molar-refractivity contribution in [3.05, 3.63) is 35.9 Å². The van der Waals surface area contributed by atoms with Crippen LogP contribution < -0.4 is 5.73 Å². The molecule has 1 aromatic rings. The van der Waals surface area contributed by atoms with Gasteiger partial charge in [0.15, 0.2) is 0 Å². The number of hydrogen-bond donors (Lipinski definition) is 1. The molecule has 1 radical (unpaired) electrons. The first-order valence-corrected chi connectivity index (χ1v) is 4.48. The molecule has 65 valence electrons. The summed E-state index contributed by atoms with van der Waals surface area (Å²) in [4.78, 5) is 0. The van der Waals surface area contributed by atoms with E-state index in [-0.39, 0.29) is 5.54 Å². The zero-order valence-electron chi connectivity index (χ0n) is 7.80. The molecule has 1 rings (SSSR count). The molecule has 0 amide bonds. The largest absolute Gasteiger partial charge is 0.321 e. The van der Waals surface area contributed by atoms with Gasteiger partial charge in [-0.15, -0.1) is 0 Å². The van der Waals surface area contributed by atoms with Crippen molar-refractivity contribution in [1.82, 2.24) is 0 Å². The van der Waals surface area contributed by atoms with Crippen LogP contribution in [0.3, 0.4) is 0 Å². The Hall–Kier alpha value is -0.820. The smallest absolute Gasteiger partial charge is 0.0404 e. The molecule has 0 aliphatic carbocycles. The van der Waals surface area contributed by atoms with Crippen molar-refractivity contribution in [2.45, 2.75) is 32.2 Å². The van der Waals surface area contributed by atoms with E-state index in [0.717, 1.165) is 12.8 Å². The van der Waals surface area contributed by atoms with E-state index >= 15 is 0 Å². The fourth-order valence-corrected chi connectivity index (χ4v) is 1.36. The third-order valence-corrected chi connectivity index (χ3v) is 2.54. The second kappa shape index (κ2) is 3.72. The van der Waals surface area contributed by atoms with Gasteiger partial charge in [0, 0.05) is 5.54 Å². The highest BCUT2D eigenvalue weighted by Crippen LogP contribution is 2.24. The zero-order chi connectivity index (χ0) is 9.03. The minimum Gasteiger partial charge on any atom is -0.321 e. The van der Waals surface area contributed by atoms with Gasteiger partial charge >= 0.3 is 0 Å². The molecular weight excluding hydrogens is 146 g/mol. The van der Waals surface area contributed by atoms with Crippen molar-refractivity contribution in [2.24, 2.45) is 5.73 Å². The number of rotatable bonds is 3. The Morgan fingerprint density at radius 1 is 1.42 bits per heavy atom. The summed E-state index contributed by atoms with van der Waals surface area (Å²) in [5.74, 6) is 0. The molecule has 0 unspecified atom stereocenters. The lowest BCUT2D eigenvalue weighted by molar-refractivity contribution is 0.413. The van der Waals surface area contributed by atoms with Crippen molar-refractivity contribution in [3.8, 4) is 0 Å². The monoisotopic (exact) mass is 162 g/mol. The Labute approximate surface area is 74.6 Å².